The minimum atomic E-state index is 0.239. The van der Waals surface area contributed by atoms with Crippen molar-refractivity contribution in [2.45, 2.75) is 39.2 Å². The van der Waals surface area contributed by atoms with Gasteiger partial charge in [-0.05, 0) is 46.1 Å². The monoisotopic (exact) mass is 179 g/mol. The summed E-state index contributed by atoms with van der Waals surface area (Å²) in [6, 6.07) is 0. The topological polar surface area (TPSA) is 12.0 Å². The van der Waals surface area contributed by atoms with E-state index in [1.54, 1.807) is 0 Å². The summed E-state index contributed by atoms with van der Waals surface area (Å²) in [5, 5.41) is 3.54. The third kappa shape index (κ3) is 4.28. The van der Waals surface area contributed by atoms with Crippen LogP contribution in [-0.4, -0.2) is 12.1 Å². The van der Waals surface area contributed by atoms with Crippen LogP contribution < -0.4 is 5.32 Å². The zero-order valence-corrected chi connectivity index (χ0v) is 9.06. The molecule has 0 saturated carbocycles. The Morgan fingerprint density at radius 1 is 1.54 bits per heavy atom. The molecule has 1 nitrogen and oxygen atoms in total. The van der Waals surface area contributed by atoms with Gasteiger partial charge in [-0.25, -0.2) is 0 Å². The van der Waals surface area contributed by atoms with Crippen molar-refractivity contribution in [2.24, 2.45) is 5.92 Å². The van der Waals surface area contributed by atoms with Crippen LogP contribution in [0.1, 0.15) is 33.6 Å². The van der Waals surface area contributed by atoms with Crippen LogP contribution in [-0.2, 0) is 0 Å². The van der Waals surface area contributed by atoms with Gasteiger partial charge in [-0.3, -0.25) is 0 Å². The molecule has 0 aromatic carbocycles. The first-order valence-corrected chi connectivity index (χ1v) is 5.07. The first kappa shape index (κ1) is 10.5. The van der Waals surface area contributed by atoms with E-state index in [1.165, 1.54) is 12.0 Å². The number of nitrogens with one attached hydrogen (secondary N) is 1. The molecule has 0 bridgehead atoms. The fourth-order valence-electron chi connectivity index (χ4n) is 1.56. The molecule has 0 aliphatic heterocycles. The predicted octanol–water partition coefficient (Wildman–Crippen LogP) is 2.90. The molecular formula is C12H21N. The molecule has 0 heterocycles. The van der Waals surface area contributed by atoms with E-state index in [0.717, 1.165) is 18.9 Å². The van der Waals surface area contributed by atoms with E-state index in [0.29, 0.717) is 0 Å². The summed E-state index contributed by atoms with van der Waals surface area (Å²) in [7, 11) is 0. The van der Waals surface area contributed by atoms with Crippen LogP contribution in [0.3, 0.4) is 0 Å². The fraction of sp³-hybridized carbons (Fsp3) is 0.667. The summed E-state index contributed by atoms with van der Waals surface area (Å²) >= 11 is 0. The summed E-state index contributed by atoms with van der Waals surface area (Å²) < 4.78 is 0. The molecule has 0 amide bonds. The molecule has 1 aliphatic carbocycles. The van der Waals surface area contributed by atoms with Gasteiger partial charge in [-0.2, -0.15) is 0 Å². The molecule has 0 aromatic rings. The Bertz CT molecular complexity index is 208. The van der Waals surface area contributed by atoms with E-state index in [-0.39, 0.29) is 5.54 Å². The zero-order valence-electron chi connectivity index (χ0n) is 9.06. The normalized spacial score (nSPS) is 23.6. The van der Waals surface area contributed by atoms with E-state index in [1.807, 2.05) is 0 Å². The lowest BCUT2D eigenvalue weighted by Gasteiger charge is -2.26. The molecule has 0 fully saturated rings. The molecule has 1 rings (SSSR count). The molecule has 1 heteroatoms. The van der Waals surface area contributed by atoms with Crippen molar-refractivity contribution in [1.29, 1.82) is 0 Å². The van der Waals surface area contributed by atoms with Crippen molar-refractivity contribution in [3.05, 3.63) is 24.3 Å². The summed E-state index contributed by atoms with van der Waals surface area (Å²) in [5.41, 5.74) is 1.51. The average molecular weight is 179 g/mol. The lowest BCUT2D eigenvalue weighted by atomic mass is 9.91. The quantitative estimate of drug-likeness (QED) is 0.687. The second-order valence-electron chi connectivity index (χ2n) is 5.00. The second kappa shape index (κ2) is 4.10. The fourth-order valence-corrected chi connectivity index (χ4v) is 1.56. The highest BCUT2D eigenvalue weighted by Gasteiger charge is 2.15. The predicted molar refractivity (Wildman–Crippen MR) is 58.8 cm³/mol. The molecule has 1 unspecified atom stereocenters. The Balaban J connectivity index is 2.31. The maximum absolute atomic E-state index is 3.99. The molecule has 1 aliphatic rings. The summed E-state index contributed by atoms with van der Waals surface area (Å²) in [5.74, 6) is 0.747. The standard InChI is InChI=1S/C12H21N/c1-10-6-5-7-11(8-10)9-13-12(2,3)4/h5-6,11,13H,1,7-9H2,2-4H3. The maximum Gasteiger partial charge on any atom is 0.00966 e. The Morgan fingerprint density at radius 2 is 2.23 bits per heavy atom. The smallest absolute Gasteiger partial charge is 0.00966 e. The third-order valence-electron chi connectivity index (χ3n) is 2.29. The SMILES string of the molecule is C=C1C=CCC(CNC(C)(C)C)C1. The van der Waals surface area contributed by atoms with E-state index < -0.39 is 0 Å². The zero-order chi connectivity index (χ0) is 9.90. The van der Waals surface area contributed by atoms with Gasteiger partial charge in [0.15, 0.2) is 0 Å². The van der Waals surface area contributed by atoms with E-state index in [4.69, 9.17) is 0 Å². The van der Waals surface area contributed by atoms with Crippen molar-refractivity contribution in [2.75, 3.05) is 6.54 Å². The summed E-state index contributed by atoms with van der Waals surface area (Å²) in [4.78, 5) is 0. The Kier molecular flexibility index (Phi) is 3.32. The van der Waals surface area contributed by atoms with E-state index in [2.05, 4.69) is 44.8 Å². The van der Waals surface area contributed by atoms with Crippen LogP contribution >= 0.6 is 0 Å². The lowest BCUT2D eigenvalue weighted by Crippen LogP contribution is -2.39. The molecule has 0 radical (unpaired) electrons. The molecule has 1 N–H and O–H groups in total. The minimum absolute atomic E-state index is 0.239. The Morgan fingerprint density at radius 3 is 2.77 bits per heavy atom. The van der Waals surface area contributed by atoms with Crippen molar-refractivity contribution in [1.82, 2.24) is 5.32 Å². The molecule has 74 valence electrons. The van der Waals surface area contributed by atoms with Crippen LogP contribution in [0, 0.1) is 5.92 Å². The first-order valence-electron chi connectivity index (χ1n) is 5.07. The van der Waals surface area contributed by atoms with Gasteiger partial charge in [0.05, 0.1) is 0 Å². The minimum Gasteiger partial charge on any atom is -0.312 e. The number of hydrogen-bond donors (Lipinski definition) is 1. The Labute approximate surface area is 81.9 Å². The number of rotatable bonds is 2. The van der Waals surface area contributed by atoms with Crippen LogP contribution in [0.5, 0.6) is 0 Å². The molecule has 13 heavy (non-hydrogen) atoms. The molecular weight excluding hydrogens is 158 g/mol. The van der Waals surface area contributed by atoms with Gasteiger partial charge >= 0.3 is 0 Å². The number of allylic oxidation sites excluding steroid dienone is 3. The highest BCUT2D eigenvalue weighted by Crippen LogP contribution is 2.21. The van der Waals surface area contributed by atoms with Gasteiger partial charge < -0.3 is 5.32 Å². The Hall–Kier alpha value is -0.560. The lowest BCUT2D eigenvalue weighted by molar-refractivity contribution is 0.367. The van der Waals surface area contributed by atoms with Gasteiger partial charge in [0, 0.05) is 5.54 Å². The number of hydrogen-bond acceptors (Lipinski definition) is 1. The van der Waals surface area contributed by atoms with Crippen molar-refractivity contribution in [3.63, 3.8) is 0 Å². The average Bonchev–Trinajstić information content (AvgIpc) is 2.00. The van der Waals surface area contributed by atoms with E-state index in [9.17, 15) is 0 Å². The van der Waals surface area contributed by atoms with Crippen LogP contribution in [0.15, 0.2) is 24.3 Å². The van der Waals surface area contributed by atoms with Gasteiger partial charge in [-0.1, -0.05) is 24.3 Å². The maximum atomic E-state index is 3.99. The molecule has 0 saturated heterocycles. The summed E-state index contributed by atoms with van der Waals surface area (Å²) in [6.07, 6.45) is 6.73. The molecule has 1 atom stereocenters. The summed E-state index contributed by atoms with van der Waals surface area (Å²) in [6.45, 7) is 11.7. The van der Waals surface area contributed by atoms with Gasteiger partial charge in [-0.15, -0.1) is 0 Å². The van der Waals surface area contributed by atoms with Crippen molar-refractivity contribution < 1.29 is 0 Å². The van der Waals surface area contributed by atoms with Crippen LogP contribution in [0.25, 0.3) is 0 Å². The third-order valence-corrected chi connectivity index (χ3v) is 2.29. The van der Waals surface area contributed by atoms with Crippen molar-refractivity contribution in [3.8, 4) is 0 Å². The van der Waals surface area contributed by atoms with E-state index >= 15 is 0 Å². The highest BCUT2D eigenvalue weighted by molar-refractivity contribution is 5.18. The van der Waals surface area contributed by atoms with Crippen molar-refractivity contribution >= 4 is 0 Å². The molecule has 0 spiro atoms. The van der Waals surface area contributed by atoms with Gasteiger partial charge in [0.2, 0.25) is 0 Å². The van der Waals surface area contributed by atoms with Gasteiger partial charge in [0.25, 0.3) is 0 Å². The van der Waals surface area contributed by atoms with Crippen LogP contribution in [0.4, 0.5) is 0 Å². The molecule has 0 aromatic heterocycles. The van der Waals surface area contributed by atoms with Gasteiger partial charge in [0.1, 0.15) is 0 Å². The second-order valence-corrected chi connectivity index (χ2v) is 5.00. The largest absolute Gasteiger partial charge is 0.312 e. The highest BCUT2D eigenvalue weighted by atomic mass is 14.9. The first-order chi connectivity index (χ1) is 5.97. The van der Waals surface area contributed by atoms with Crippen LogP contribution in [0.2, 0.25) is 0 Å².